The summed E-state index contributed by atoms with van der Waals surface area (Å²) in [6.07, 6.45) is 1.77. The minimum absolute atomic E-state index is 0.183. The van der Waals surface area contributed by atoms with Gasteiger partial charge in [-0.25, -0.2) is 14.2 Å². The van der Waals surface area contributed by atoms with Gasteiger partial charge in [0.15, 0.2) is 4.80 Å². The molecule has 2 aromatic carbocycles. The van der Waals surface area contributed by atoms with Crippen LogP contribution in [0.2, 0.25) is 0 Å². The fraction of sp³-hybridized carbons (Fsp3) is 0.240. The molecule has 0 amide bonds. The van der Waals surface area contributed by atoms with E-state index in [-0.39, 0.29) is 17.7 Å². The van der Waals surface area contributed by atoms with E-state index in [0.717, 1.165) is 10.0 Å². The molecule has 0 unspecified atom stereocenters. The van der Waals surface area contributed by atoms with E-state index in [1.165, 1.54) is 28.0 Å². The van der Waals surface area contributed by atoms with Gasteiger partial charge in [-0.05, 0) is 78.2 Å². The number of allylic oxidation sites excluding steroid dienone is 1. The fourth-order valence-electron chi connectivity index (χ4n) is 3.78. The van der Waals surface area contributed by atoms with E-state index in [0.29, 0.717) is 33.0 Å². The number of thiazole rings is 1. The largest absolute Gasteiger partial charge is 0.493 e. The number of ether oxygens (including phenoxy) is 2. The number of hydrogen-bond donors (Lipinski definition) is 0. The van der Waals surface area contributed by atoms with Gasteiger partial charge in [0.05, 0.1) is 39.5 Å². The van der Waals surface area contributed by atoms with Gasteiger partial charge in [0, 0.05) is 0 Å². The zero-order valence-electron chi connectivity index (χ0n) is 18.8. The van der Waals surface area contributed by atoms with E-state index in [9.17, 15) is 14.0 Å². The minimum atomic E-state index is -0.773. The Labute approximate surface area is 207 Å². The highest BCUT2D eigenvalue weighted by Crippen LogP contribution is 2.31. The molecule has 34 heavy (non-hydrogen) atoms. The monoisotopic (exact) mass is 544 g/mol. The second kappa shape index (κ2) is 10.1. The first-order chi connectivity index (χ1) is 16.3. The molecule has 9 heteroatoms. The first-order valence-corrected chi connectivity index (χ1v) is 12.3. The molecule has 3 aromatic rings. The Kier molecular flexibility index (Phi) is 7.13. The third-order valence-electron chi connectivity index (χ3n) is 5.26. The summed E-state index contributed by atoms with van der Waals surface area (Å²) < 4.78 is 27.2. The summed E-state index contributed by atoms with van der Waals surface area (Å²) in [6, 6.07) is 10.5. The molecule has 176 valence electrons. The molecule has 0 saturated heterocycles. The van der Waals surface area contributed by atoms with Crippen LogP contribution in [0, 0.1) is 5.82 Å². The van der Waals surface area contributed by atoms with Gasteiger partial charge in [0.1, 0.15) is 11.6 Å². The highest BCUT2D eigenvalue weighted by molar-refractivity contribution is 9.10. The molecule has 0 fully saturated rings. The number of nitrogens with zero attached hydrogens (tertiary/aromatic N) is 2. The highest BCUT2D eigenvalue weighted by atomic mass is 79.9. The van der Waals surface area contributed by atoms with E-state index < -0.39 is 17.8 Å². The second-order valence-electron chi connectivity index (χ2n) is 7.48. The molecule has 6 nitrogen and oxygen atoms in total. The molecule has 0 radical (unpaired) electrons. The van der Waals surface area contributed by atoms with E-state index in [2.05, 4.69) is 20.9 Å². The molecule has 1 atom stereocenters. The van der Waals surface area contributed by atoms with Crippen molar-refractivity contribution in [1.29, 1.82) is 0 Å². The normalized spacial score (nSPS) is 15.7. The third-order valence-corrected chi connectivity index (χ3v) is 6.86. The summed E-state index contributed by atoms with van der Waals surface area (Å²) in [5, 5.41) is 0. The molecule has 0 saturated carbocycles. The SMILES string of the molecule is CCOC(=O)C1=C(C)N=c2s/c(=C\c3ccc(OCC)c(Br)c3)c(=O)n2[C@H]1c1ccc(F)cc1. The molecule has 1 aromatic heterocycles. The van der Waals surface area contributed by atoms with Crippen LogP contribution in [0.25, 0.3) is 6.08 Å². The molecule has 4 rings (SSSR count). The van der Waals surface area contributed by atoms with Crippen LogP contribution < -0.4 is 19.6 Å². The number of fused-ring (bicyclic) bond motifs is 1. The van der Waals surface area contributed by atoms with Crippen LogP contribution in [0.4, 0.5) is 4.39 Å². The molecule has 1 aliphatic heterocycles. The lowest BCUT2D eigenvalue weighted by Crippen LogP contribution is -2.39. The quantitative estimate of drug-likeness (QED) is 0.438. The number of esters is 1. The second-order valence-corrected chi connectivity index (χ2v) is 9.34. The Balaban J connectivity index is 1.89. The van der Waals surface area contributed by atoms with Crippen molar-refractivity contribution >= 4 is 39.3 Å². The fourth-order valence-corrected chi connectivity index (χ4v) is 5.34. The number of carbonyl (C=O) groups excluding carboxylic acids is 1. The van der Waals surface area contributed by atoms with Crippen molar-refractivity contribution < 1.29 is 18.7 Å². The van der Waals surface area contributed by atoms with E-state index >= 15 is 0 Å². The first kappa shape index (κ1) is 24.1. The lowest BCUT2D eigenvalue weighted by Gasteiger charge is -2.24. The van der Waals surface area contributed by atoms with Crippen LogP contribution in [0.1, 0.15) is 37.9 Å². The number of hydrogen-bond acceptors (Lipinski definition) is 6. The summed E-state index contributed by atoms with van der Waals surface area (Å²) in [7, 11) is 0. The van der Waals surface area contributed by atoms with E-state index in [1.807, 2.05) is 25.1 Å². The van der Waals surface area contributed by atoms with Crippen molar-refractivity contribution in [3.8, 4) is 5.75 Å². The Morgan fingerprint density at radius 2 is 1.94 bits per heavy atom. The number of aromatic nitrogens is 1. The van der Waals surface area contributed by atoms with Gasteiger partial charge < -0.3 is 9.47 Å². The van der Waals surface area contributed by atoms with Gasteiger partial charge in [-0.1, -0.05) is 29.5 Å². The zero-order chi connectivity index (χ0) is 24.4. The lowest BCUT2D eigenvalue weighted by molar-refractivity contribution is -0.139. The van der Waals surface area contributed by atoms with Crippen molar-refractivity contribution in [1.82, 2.24) is 4.57 Å². The summed E-state index contributed by atoms with van der Waals surface area (Å²) in [5.74, 6) is -0.245. The van der Waals surface area contributed by atoms with Gasteiger partial charge in [-0.3, -0.25) is 9.36 Å². The predicted molar refractivity (Wildman–Crippen MR) is 132 cm³/mol. The molecule has 2 heterocycles. The number of benzene rings is 2. The van der Waals surface area contributed by atoms with Crippen molar-refractivity contribution in [3.63, 3.8) is 0 Å². The average Bonchev–Trinajstić information content (AvgIpc) is 3.10. The van der Waals surface area contributed by atoms with Gasteiger partial charge in [-0.2, -0.15) is 0 Å². The standard InChI is InChI=1S/C25H22BrFN2O4S/c1-4-32-19-11-6-15(12-18(19)26)13-20-23(30)29-22(16-7-9-17(27)10-8-16)21(24(31)33-5-2)14(3)28-25(29)34-20/h6-13,22H,4-5H2,1-3H3/b20-13-/t22-/m0/s1. The summed E-state index contributed by atoms with van der Waals surface area (Å²) in [4.78, 5) is 31.4. The van der Waals surface area contributed by atoms with Crippen LogP contribution in [-0.2, 0) is 9.53 Å². The molecule has 1 aliphatic rings. The predicted octanol–water partition coefficient (Wildman–Crippen LogP) is 4.10. The van der Waals surface area contributed by atoms with Crippen molar-refractivity contribution in [2.45, 2.75) is 26.8 Å². The number of rotatable bonds is 6. The van der Waals surface area contributed by atoms with Gasteiger partial charge in [0.25, 0.3) is 5.56 Å². The van der Waals surface area contributed by atoms with Crippen LogP contribution in [0.5, 0.6) is 5.75 Å². The Morgan fingerprint density at radius 3 is 2.59 bits per heavy atom. The Hall–Kier alpha value is -3.04. The van der Waals surface area contributed by atoms with Crippen molar-refractivity contribution in [2.75, 3.05) is 13.2 Å². The highest BCUT2D eigenvalue weighted by Gasteiger charge is 2.33. The summed E-state index contributed by atoms with van der Waals surface area (Å²) in [5.41, 5.74) is 1.83. The smallest absolute Gasteiger partial charge is 0.338 e. The van der Waals surface area contributed by atoms with Crippen LogP contribution in [0.15, 0.2) is 68.0 Å². The van der Waals surface area contributed by atoms with Gasteiger partial charge >= 0.3 is 5.97 Å². The van der Waals surface area contributed by atoms with Crippen LogP contribution in [0.3, 0.4) is 0 Å². The van der Waals surface area contributed by atoms with Gasteiger partial charge in [-0.15, -0.1) is 0 Å². The third kappa shape index (κ3) is 4.63. The maximum absolute atomic E-state index is 13.6. The van der Waals surface area contributed by atoms with Crippen LogP contribution in [-0.4, -0.2) is 23.8 Å². The molecular weight excluding hydrogens is 523 g/mol. The van der Waals surface area contributed by atoms with Crippen molar-refractivity contribution in [2.24, 2.45) is 4.99 Å². The van der Waals surface area contributed by atoms with E-state index in [4.69, 9.17) is 9.47 Å². The summed E-state index contributed by atoms with van der Waals surface area (Å²) in [6.45, 7) is 6.06. The zero-order valence-corrected chi connectivity index (χ0v) is 21.2. The molecular formula is C25H22BrFN2O4S. The van der Waals surface area contributed by atoms with Crippen LogP contribution >= 0.6 is 27.3 Å². The Bertz CT molecular complexity index is 1460. The molecule has 0 bridgehead atoms. The first-order valence-electron chi connectivity index (χ1n) is 10.7. The number of carbonyl (C=O) groups is 1. The van der Waals surface area contributed by atoms with Gasteiger partial charge in [0.2, 0.25) is 0 Å². The number of halogens is 2. The molecule has 0 spiro atoms. The maximum Gasteiger partial charge on any atom is 0.338 e. The Morgan fingerprint density at radius 1 is 1.21 bits per heavy atom. The lowest BCUT2D eigenvalue weighted by atomic mass is 9.96. The van der Waals surface area contributed by atoms with E-state index in [1.54, 1.807) is 32.1 Å². The topological polar surface area (TPSA) is 69.9 Å². The average molecular weight is 545 g/mol. The molecule has 0 N–H and O–H groups in total. The maximum atomic E-state index is 13.6. The summed E-state index contributed by atoms with van der Waals surface area (Å²) >= 11 is 4.73. The molecule has 0 aliphatic carbocycles. The van der Waals surface area contributed by atoms with Crippen molar-refractivity contribution in [3.05, 3.63) is 94.8 Å². The minimum Gasteiger partial charge on any atom is -0.493 e.